The summed E-state index contributed by atoms with van der Waals surface area (Å²) in [5.41, 5.74) is 2.85. The van der Waals surface area contributed by atoms with Gasteiger partial charge in [-0.1, -0.05) is 60.7 Å². The number of benzene rings is 4. The standard InChI is InChI=1S/C30H20N2O4/c1-17-15-25(26-28(34)22-13-11-18-7-5-6-10-21(18)29(22)36-30(26)35)32-23-14-12-20(16-24(23)31-17)27(33)19-8-3-2-4-9-19/h2-14,16,34H,15H2,1H3. The number of hydrogen-bond acceptors (Lipinski definition) is 6. The molecule has 1 aliphatic heterocycles. The number of ketones is 1. The van der Waals surface area contributed by atoms with Crippen molar-refractivity contribution < 1.29 is 14.3 Å². The minimum atomic E-state index is -0.665. The molecule has 0 amide bonds. The van der Waals surface area contributed by atoms with Crippen LogP contribution in [0.3, 0.4) is 0 Å². The Morgan fingerprint density at radius 1 is 0.833 bits per heavy atom. The quantitative estimate of drug-likeness (QED) is 0.184. The largest absolute Gasteiger partial charge is 0.506 e. The fourth-order valence-corrected chi connectivity index (χ4v) is 4.59. The van der Waals surface area contributed by atoms with Crippen molar-refractivity contribution in [2.24, 2.45) is 9.98 Å². The van der Waals surface area contributed by atoms with Crippen molar-refractivity contribution in [2.75, 3.05) is 0 Å². The van der Waals surface area contributed by atoms with Gasteiger partial charge in [-0.3, -0.25) is 9.79 Å². The number of carbonyl (C=O) groups excluding carboxylic acids is 1. The Hall–Kier alpha value is -4.84. The molecule has 0 unspecified atom stereocenters. The number of fused-ring (bicyclic) bond motifs is 4. The van der Waals surface area contributed by atoms with E-state index >= 15 is 0 Å². The third-order valence-electron chi connectivity index (χ3n) is 6.32. The summed E-state index contributed by atoms with van der Waals surface area (Å²) >= 11 is 0. The Morgan fingerprint density at radius 2 is 1.61 bits per heavy atom. The Kier molecular flexibility index (Phi) is 5.08. The molecule has 5 aromatic rings. The Labute approximate surface area is 205 Å². The van der Waals surface area contributed by atoms with Crippen molar-refractivity contribution in [3.8, 4) is 5.75 Å². The molecule has 0 saturated carbocycles. The second-order valence-corrected chi connectivity index (χ2v) is 8.76. The van der Waals surface area contributed by atoms with Gasteiger partial charge < -0.3 is 9.52 Å². The lowest BCUT2D eigenvalue weighted by atomic mass is 10.0. The molecule has 6 heteroatoms. The third-order valence-corrected chi connectivity index (χ3v) is 6.32. The first-order chi connectivity index (χ1) is 17.5. The number of rotatable bonds is 3. The van der Waals surface area contributed by atoms with Crippen LogP contribution in [0.4, 0.5) is 11.4 Å². The highest BCUT2D eigenvalue weighted by Crippen LogP contribution is 2.36. The van der Waals surface area contributed by atoms with Gasteiger partial charge in [0.15, 0.2) is 5.78 Å². The van der Waals surface area contributed by atoms with E-state index in [-0.39, 0.29) is 23.5 Å². The van der Waals surface area contributed by atoms with Crippen LogP contribution < -0.4 is 5.63 Å². The van der Waals surface area contributed by atoms with E-state index < -0.39 is 5.63 Å². The summed E-state index contributed by atoms with van der Waals surface area (Å²) in [5, 5.41) is 13.3. The monoisotopic (exact) mass is 472 g/mol. The SMILES string of the molecule is CC1=Nc2cc(C(=O)c3ccccc3)ccc2N=C(c2c(O)c3ccc4ccccc4c3oc2=O)C1. The van der Waals surface area contributed by atoms with Crippen LogP contribution >= 0.6 is 0 Å². The lowest BCUT2D eigenvalue weighted by Gasteiger charge is -2.10. The van der Waals surface area contributed by atoms with Crippen LogP contribution in [-0.2, 0) is 0 Å². The molecule has 0 fully saturated rings. The first kappa shape index (κ1) is 21.7. The van der Waals surface area contributed by atoms with Gasteiger partial charge in [-0.15, -0.1) is 0 Å². The van der Waals surface area contributed by atoms with Crippen molar-refractivity contribution >= 4 is 50.3 Å². The average molecular weight is 473 g/mol. The fraction of sp³-hybridized carbons (Fsp3) is 0.0667. The van der Waals surface area contributed by atoms with E-state index in [0.717, 1.165) is 10.8 Å². The van der Waals surface area contributed by atoms with Crippen molar-refractivity contribution in [1.82, 2.24) is 0 Å². The molecule has 0 bridgehead atoms. The van der Waals surface area contributed by atoms with E-state index in [2.05, 4.69) is 4.99 Å². The summed E-state index contributed by atoms with van der Waals surface area (Å²) in [5.74, 6) is -0.280. The molecule has 4 aromatic carbocycles. The lowest BCUT2D eigenvalue weighted by molar-refractivity contribution is 0.103. The van der Waals surface area contributed by atoms with Crippen LogP contribution in [0.1, 0.15) is 34.8 Å². The summed E-state index contributed by atoms with van der Waals surface area (Å²) in [4.78, 5) is 35.4. The number of aromatic hydroxyl groups is 1. The second-order valence-electron chi connectivity index (χ2n) is 8.76. The van der Waals surface area contributed by atoms with Gasteiger partial charge in [0.2, 0.25) is 0 Å². The van der Waals surface area contributed by atoms with Crippen LogP contribution in [0.2, 0.25) is 0 Å². The molecule has 174 valence electrons. The predicted octanol–water partition coefficient (Wildman–Crippen LogP) is 6.50. The normalized spacial score (nSPS) is 13.1. The van der Waals surface area contributed by atoms with E-state index in [0.29, 0.717) is 44.9 Å². The minimum Gasteiger partial charge on any atom is -0.506 e. The molecule has 0 spiro atoms. The van der Waals surface area contributed by atoms with E-state index in [1.165, 1.54) is 0 Å². The van der Waals surface area contributed by atoms with Gasteiger partial charge in [0, 0.05) is 28.6 Å². The maximum atomic E-state index is 13.1. The zero-order valence-electron chi connectivity index (χ0n) is 19.4. The predicted molar refractivity (Wildman–Crippen MR) is 142 cm³/mol. The summed E-state index contributed by atoms with van der Waals surface area (Å²) in [7, 11) is 0. The Morgan fingerprint density at radius 3 is 2.44 bits per heavy atom. The molecule has 1 aliphatic rings. The number of aliphatic imine (C=N–C) groups is 2. The topological polar surface area (TPSA) is 92.2 Å². The number of carbonyl (C=O) groups is 1. The van der Waals surface area contributed by atoms with Gasteiger partial charge in [0.1, 0.15) is 16.9 Å². The van der Waals surface area contributed by atoms with Gasteiger partial charge in [-0.05, 0) is 36.6 Å². The van der Waals surface area contributed by atoms with Crippen LogP contribution in [0, 0.1) is 0 Å². The van der Waals surface area contributed by atoms with Gasteiger partial charge in [-0.25, -0.2) is 9.79 Å². The van der Waals surface area contributed by atoms with Crippen molar-refractivity contribution in [2.45, 2.75) is 13.3 Å². The molecular weight excluding hydrogens is 452 g/mol. The average Bonchev–Trinajstić information content (AvgIpc) is 3.05. The van der Waals surface area contributed by atoms with Crippen molar-refractivity contribution in [3.63, 3.8) is 0 Å². The molecule has 6 rings (SSSR count). The van der Waals surface area contributed by atoms with Crippen LogP contribution in [0.15, 0.2) is 104 Å². The van der Waals surface area contributed by atoms with E-state index in [4.69, 9.17) is 9.41 Å². The molecule has 0 atom stereocenters. The first-order valence-electron chi connectivity index (χ1n) is 11.5. The lowest BCUT2D eigenvalue weighted by Crippen LogP contribution is -2.17. The highest BCUT2D eigenvalue weighted by atomic mass is 16.4. The van der Waals surface area contributed by atoms with Gasteiger partial charge >= 0.3 is 5.63 Å². The summed E-state index contributed by atoms with van der Waals surface area (Å²) in [6.45, 7) is 1.82. The third kappa shape index (κ3) is 3.60. The van der Waals surface area contributed by atoms with Crippen LogP contribution in [-0.4, -0.2) is 22.3 Å². The minimum absolute atomic E-state index is 0.0182. The fourth-order valence-electron chi connectivity index (χ4n) is 4.59. The van der Waals surface area contributed by atoms with Gasteiger partial charge in [0.25, 0.3) is 0 Å². The van der Waals surface area contributed by atoms with E-state index in [1.54, 1.807) is 36.4 Å². The maximum Gasteiger partial charge on any atom is 0.349 e. The summed E-state index contributed by atoms with van der Waals surface area (Å²) < 4.78 is 5.72. The zero-order valence-corrected chi connectivity index (χ0v) is 19.4. The van der Waals surface area contributed by atoms with E-state index in [9.17, 15) is 14.7 Å². The summed E-state index contributed by atoms with van der Waals surface area (Å²) in [6, 6.07) is 25.3. The Balaban J connectivity index is 1.49. The van der Waals surface area contributed by atoms with Crippen LogP contribution in [0.25, 0.3) is 21.7 Å². The molecular formula is C30H20N2O4. The molecule has 1 N–H and O–H groups in total. The molecule has 6 nitrogen and oxygen atoms in total. The van der Waals surface area contributed by atoms with Gasteiger partial charge in [-0.2, -0.15) is 0 Å². The zero-order chi connectivity index (χ0) is 24.8. The molecule has 0 aliphatic carbocycles. The van der Waals surface area contributed by atoms with Gasteiger partial charge in [0.05, 0.1) is 22.5 Å². The molecule has 0 saturated heterocycles. The molecule has 1 aromatic heterocycles. The molecule has 36 heavy (non-hydrogen) atoms. The Bertz CT molecular complexity index is 1810. The first-order valence-corrected chi connectivity index (χ1v) is 11.5. The number of nitrogens with zero attached hydrogens (tertiary/aromatic N) is 2. The van der Waals surface area contributed by atoms with E-state index in [1.807, 2.05) is 55.5 Å². The van der Waals surface area contributed by atoms with Crippen molar-refractivity contribution in [1.29, 1.82) is 0 Å². The second kappa shape index (κ2) is 8.43. The molecule has 0 radical (unpaired) electrons. The van der Waals surface area contributed by atoms with Crippen molar-refractivity contribution in [3.05, 3.63) is 112 Å². The maximum absolute atomic E-state index is 13.1. The van der Waals surface area contributed by atoms with Crippen LogP contribution in [0.5, 0.6) is 5.75 Å². The smallest absolute Gasteiger partial charge is 0.349 e. The summed E-state index contributed by atoms with van der Waals surface area (Å²) in [6.07, 6.45) is 0.244. The molecule has 2 heterocycles. The highest BCUT2D eigenvalue weighted by Gasteiger charge is 2.23. The highest BCUT2D eigenvalue weighted by molar-refractivity contribution is 6.18. The number of hydrogen-bond donors (Lipinski definition) is 1.